The maximum absolute atomic E-state index is 12.9. The number of piperidine rings is 1. The Kier molecular flexibility index (Phi) is 4.66. The summed E-state index contributed by atoms with van der Waals surface area (Å²) < 4.78 is 40.5. The molecule has 0 radical (unpaired) electrons. The van der Waals surface area contributed by atoms with E-state index in [0.717, 1.165) is 23.8 Å². The second kappa shape index (κ2) is 6.93. The zero-order chi connectivity index (χ0) is 20.8. The molecule has 154 valence electrons. The third-order valence-corrected chi connectivity index (χ3v) is 5.13. The molecule has 0 atom stereocenters. The number of nitrogens with zero attached hydrogens (tertiary/aromatic N) is 7. The van der Waals surface area contributed by atoms with Gasteiger partial charge in [-0.1, -0.05) is 20.8 Å². The van der Waals surface area contributed by atoms with Gasteiger partial charge < -0.3 is 4.90 Å². The largest absolute Gasteiger partial charge is 0.433 e. The van der Waals surface area contributed by atoms with E-state index in [9.17, 15) is 13.2 Å². The molecule has 0 saturated carbocycles. The molecule has 3 aromatic heterocycles. The lowest BCUT2D eigenvalue weighted by Crippen LogP contribution is -2.35. The summed E-state index contributed by atoms with van der Waals surface area (Å²) in [5, 5.41) is 13.3. The lowest BCUT2D eigenvalue weighted by Gasteiger charge is -2.31. The molecular formula is C19H22F3N7. The lowest BCUT2D eigenvalue weighted by molar-refractivity contribution is -0.141. The molecule has 1 aliphatic heterocycles. The highest BCUT2D eigenvalue weighted by atomic mass is 19.4. The molecule has 0 aliphatic carbocycles. The topological polar surface area (TPSA) is 72.1 Å². The van der Waals surface area contributed by atoms with Gasteiger partial charge in [0.2, 0.25) is 5.95 Å². The molecule has 0 bridgehead atoms. The number of halogens is 3. The minimum absolute atomic E-state index is 0.0973. The van der Waals surface area contributed by atoms with Crippen molar-refractivity contribution < 1.29 is 13.2 Å². The highest BCUT2D eigenvalue weighted by molar-refractivity contribution is 5.38. The van der Waals surface area contributed by atoms with Crippen molar-refractivity contribution in [1.29, 1.82) is 0 Å². The summed E-state index contributed by atoms with van der Waals surface area (Å²) in [6.07, 6.45) is -1.91. The second-order valence-electron chi connectivity index (χ2n) is 8.30. The minimum Gasteiger partial charge on any atom is -0.341 e. The van der Waals surface area contributed by atoms with Gasteiger partial charge in [0.15, 0.2) is 11.5 Å². The van der Waals surface area contributed by atoms with Gasteiger partial charge in [-0.05, 0) is 31.0 Å². The van der Waals surface area contributed by atoms with Crippen molar-refractivity contribution in [3.05, 3.63) is 41.6 Å². The first-order valence-electron chi connectivity index (χ1n) is 9.51. The molecule has 10 heteroatoms. The molecule has 7 nitrogen and oxygen atoms in total. The molecule has 0 unspecified atom stereocenters. The Hall–Kier alpha value is -2.78. The van der Waals surface area contributed by atoms with Gasteiger partial charge in [-0.3, -0.25) is 0 Å². The SMILES string of the molecule is CC(C)(C)c1ccc2nnc(C3CCN(c4nccc(C(F)(F)F)n4)CC3)n2n1. The third-order valence-electron chi connectivity index (χ3n) is 5.13. The first-order chi connectivity index (χ1) is 13.6. The number of anilines is 1. The Labute approximate surface area is 166 Å². The van der Waals surface area contributed by atoms with Crippen molar-refractivity contribution >= 4 is 11.6 Å². The fourth-order valence-electron chi connectivity index (χ4n) is 3.46. The predicted octanol–water partition coefficient (Wildman–Crippen LogP) is 3.61. The zero-order valence-electron chi connectivity index (χ0n) is 16.5. The Morgan fingerprint density at radius 3 is 2.34 bits per heavy atom. The molecule has 1 saturated heterocycles. The van der Waals surface area contributed by atoms with Crippen molar-refractivity contribution in [1.82, 2.24) is 29.8 Å². The van der Waals surface area contributed by atoms with E-state index in [1.54, 1.807) is 9.42 Å². The van der Waals surface area contributed by atoms with Gasteiger partial charge in [-0.2, -0.15) is 22.8 Å². The van der Waals surface area contributed by atoms with Gasteiger partial charge in [0, 0.05) is 30.6 Å². The fraction of sp³-hybridized carbons (Fsp3) is 0.526. The summed E-state index contributed by atoms with van der Waals surface area (Å²) in [4.78, 5) is 9.49. The number of rotatable bonds is 2. The molecule has 0 aromatic carbocycles. The maximum atomic E-state index is 12.9. The number of alkyl halides is 3. The molecule has 0 amide bonds. The van der Waals surface area contributed by atoms with Crippen LogP contribution in [0.3, 0.4) is 0 Å². The molecule has 0 N–H and O–H groups in total. The van der Waals surface area contributed by atoms with Crippen LogP contribution in [0.1, 0.15) is 56.7 Å². The van der Waals surface area contributed by atoms with Crippen molar-refractivity contribution in [2.45, 2.75) is 51.1 Å². The van der Waals surface area contributed by atoms with Crippen molar-refractivity contribution in [2.24, 2.45) is 0 Å². The van der Waals surface area contributed by atoms with E-state index in [1.165, 1.54) is 0 Å². The normalized spacial score (nSPS) is 16.6. The van der Waals surface area contributed by atoms with Crippen molar-refractivity contribution in [3.63, 3.8) is 0 Å². The van der Waals surface area contributed by atoms with E-state index in [1.807, 2.05) is 12.1 Å². The molecule has 1 aliphatic rings. The third kappa shape index (κ3) is 3.88. The molecule has 3 aromatic rings. The summed E-state index contributed by atoms with van der Waals surface area (Å²) in [5.41, 5.74) is 0.615. The molecule has 0 spiro atoms. The van der Waals surface area contributed by atoms with Gasteiger partial charge in [-0.15, -0.1) is 10.2 Å². The smallest absolute Gasteiger partial charge is 0.341 e. The summed E-state index contributed by atoms with van der Waals surface area (Å²) in [6, 6.07) is 4.76. The second-order valence-corrected chi connectivity index (χ2v) is 8.30. The van der Waals surface area contributed by atoms with Crippen LogP contribution in [-0.2, 0) is 11.6 Å². The van der Waals surface area contributed by atoms with Crippen molar-refractivity contribution in [2.75, 3.05) is 18.0 Å². The van der Waals surface area contributed by atoms with Crippen LogP contribution in [0.15, 0.2) is 24.4 Å². The Balaban J connectivity index is 1.53. The average Bonchev–Trinajstić information content (AvgIpc) is 3.10. The average molecular weight is 405 g/mol. The minimum atomic E-state index is -4.48. The van der Waals surface area contributed by atoms with E-state index < -0.39 is 11.9 Å². The standard InChI is InChI=1S/C19H22F3N7/c1-18(2,3)13-4-5-15-25-26-16(29(15)27-13)12-7-10-28(11-8-12)17-23-9-6-14(24-17)19(20,21)22/h4-6,9,12H,7-8,10-11H2,1-3H3. The monoisotopic (exact) mass is 405 g/mol. The van der Waals surface area contributed by atoms with E-state index in [0.29, 0.717) is 31.6 Å². The first-order valence-corrected chi connectivity index (χ1v) is 9.51. The maximum Gasteiger partial charge on any atom is 0.433 e. The summed E-state index contributed by atoms with van der Waals surface area (Å²) in [6.45, 7) is 7.37. The van der Waals surface area contributed by atoms with Crippen LogP contribution >= 0.6 is 0 Å². The van der Waals surface area contributed by atoms with Gasteiger partial charge in [-0.25, -0.2) is 9.97 Å². The highest BCUT2D eigenvalue weighted by Gasteiger charge is 2.34. The molecule has 4 rings (SSSR count). The summed E-state index contributed by atoms with van der Waals surface area (Å²) >= 11 is 0. The highest BCUT2D eigenvalue weighted by Crippen LogP contribution is 2.31. The van der Waals surface area contributed by atoms with Crippen LogP contribution in [0.4, 0.5) is 19.1 Å². The van der Waals surface area contributed by atoms with Crippen LogP contribution in [0, 0.1) is 0 Å². The first kappa shape index (κ1) is 19.5. The predicted molar refractivity (Wildman–Crippen MR) is 101 cm³/mol. The van der Waals surface area contributed by atoms with Gasteiger partial charge in [0.1, 0.15) is 5.69 Å². The van der Waals surface area contributed by atoms with Crippen LogP contribution in [0.5, 0.6) is 0 Å². The van der Waals surface area contributed by atoms with Crippen LogP contribution in [-0.4, -0.2) is 42.9 Å². The van der Waals surface area contributed by atoms with Gasteiger partial charge in [0.05, 0.1) is 5.69 Å². The van der Waals surface area contributed by atoms with E-state index in [2.05, 4.69) is 40.9 Å². The number of aromatic nitrogens is 6. The number of fused-ring (bicyclic) bond motifs is 1. The Morgan fingerprint density at radius 1 is 0.966 bits per heavy atom. The summed E-state index contributed by atoms with van der Waals surface area (Å²) in [7, 11) is 0. The zero-order valence-corrected chi connectivity index (χ0v) is 16.5. The van der Waals surface area contributed by atoms with Gasteiger partial charge >= 0.3 is 6.18 Å². The van der Waals surface area contributed by atoms with E-state index in [-0.39, 0.29) is 17.3 Å². The lowest BCUT2D eigenvalue weighted by atomic mass is 9.92. The molecule has 29 heavy (non-hydrogen) atoms. The van der Waals surface area contributed by atoms with Crippen molar-refractivity contribution in [3.8, 4) is 0 Å². The van der Waals surface area contributed by atoms with E-state index in [4.69, 9.17) is 5.10 Å². The Bertz CT molecular complexity index is 1010. The van der Waals surface area contributed by atoms with Crippen LogP contribution in [0.2, 0.25) is 0 Å². The van der Waals surface area contributed by atoms with Crippen LogP contribution < -0.4 is 4.90 Å². The summed E-state index contributed by atoms with van der Waals surface area (Å²) in [5.74, 6) is 1.02. The quantitative estimate of drug-likeness (QED) is 0.649. The fourth-order valence-corrected chi connectivity index (χ4v) is 3.46. The molecule has 1 fully saturated rings. The van der Waals surface area contributed by atoms with E-state index >= 15 is 0 Å². The number of hydrogen-bond acceptors (Lipinski definition) is 6. The Morgan fingerprint density at radius 2 is 1.69 bits per heavy atom. The number of hydrogen-bond donors (Lipinski definition) is 0. The van der Waals surface area contributed by atoms with Gasteiger partial charge in [0.25, 0.3) is 0 Å². The molecular weight excluding hydrogens is 383 g/mol. The molecule has 4 heterocycles. The van der Waals surface area contributed by atoms with Crippen LogP contribution in [0.25, 0.3) is 5.65 Å².